The minimum absolute atomic E-state index is 0.260. The number of rotatable bonds is 3. The lowest BCUT2D eigenvalue weighted by atomic mass is 10.2. The lowest BCUT2D eigenvalue weighted by molar-refractivity contribution is 0.0955. The molecule has 1 aromatic rings. The van der Waals surface area contributed by atoms with Crippen molar-refractivity contribution in [2.24, 2.45) is 0 Å². The lowest BCUT2D eigenvalue weighted by Crippen LogP contribution is -2.02. The number of nitrogens with zero attached hydrogens (tertiary/aromatic N) is 2. The smallest absolute Gasteiger partial charge is 0.105 e. The highest BCUT2D eigenvalue weighted by molar-refractivity contribution is 5.08. The molecule has 1 atom stereocenters. The maximum Gasteiger partial charge on any atom is 0.105 e. The molecule has 1 heterocycles. The lowest BCUT2D eigenvalue weighted by Gasteiger charge is -2.04. The number of hydrogen-bond acceptors (Lipinski definition) is 3. The van der Waals surface area contributed by atoms with E-state index < -0.39 is 6.10 Å². The van der Waals surface area contributed by atoms with Crippen LogP contribution in [-0.2, 0) is 0 Å². The number of aliphatic hydroxyl groups is 2. The molecule has 0 amide bonds. The fraction of sp³-hybridized carbons (Fsp3) is 0.625. The van der Waals surface area contributed by atoms with Gasteiger partial charge in [0.25, 0.3) is 0 Å². The molecule has 1 aromatic heterocycles. The molecule has 0 aliphatic heterocycles. The highest BCUT2D eigenvalue weighted by atomic mass is 16.3. The van der Waals surface area contributed by atoms with Crippen LogP contribution >= 0.6 is 0 Å². The summed E-state index contributed by atoms with van der Waals surface area (Å²) in [5.41, 5.74) is 0.659. The molecule has 0 bridgehead atoms. The van der Waals surface area contributed by atoms with Gasteiger partial charge in [0.1, 0.15) is 6.10 Å². The van der Waals surface area contributed by atoms with Crippen LogP contribution in [0.1, 0.15) is 31.6 Å². The van der Waals surface area contributed by atoms with Gasteiger partial charge in [-0.2, -0.15) is 5.10 Å². The summed E-state index contributed by atoms with van der Waals surface area (Å²) in [7, 11) is 0. The molecule has 0 saturated carbocycles. The summed E-state index contributed by atoms with van der Waals surface area (Å²) in [6.07, 6.45) is 2.50. The number of aromatic nitrogens is 2. The monoisotopic (exact) mass is 170 g/mol. The molecule has 0 saturated heterocycles. The van der Waals surface area contributed by atoms with Gasteiger partial charge in [-0.05, 0) is 13.8 Å². The average Bonchev–Trinajstić information content (AvgIpc) is 2.51. The molecular weight excluding hydrogens is 156 g/mol. The first kappa shape index (κ1) is 9.22. The Morgan fingerprint density at radius 2 is 2.25 bits per heavy atom. The van der Waals surface area contributed by atoms with Crippen molar-refractivity contribution in [3.8, 4) is 0 Å². The van der Waals surface area contributed by atoms with Crippen LogP contribution in [0, 0.1) is 0 Å². The maximum atomic E-state index is 9.22. The fourth-order valence-electron chi connectivity index (χ4n) is 0.913. The van der Waals surface area contributed by atoms with Crippen LogP contribution in [0.2, 0.25) is 0 Å². The van der Waals surface area contributed by atoms with E-state index in [9.17, 15) is 5.11 Å². The van der Waals surface area contributed by atoms with Crippen molar-refractivity contribution in [1.82, 2.24) is 9.78 Å². The van der Waals surface area contributed by atoms with E-state index in [-0.39, 0.29) is 12.6 Å². The third kappa shape index (κ3) is 1.84. The van der Waals surface area contributed by atoms with Gasteiger partial charge < -0.3 is 10.2 Å². The van der Waals surface area contributed by atoms with Gasteiger partial charge in [0, 0.05) is 17.8 Å². The Bertz CT molecular complexity index is 245. The average molecular weight is 170 g/mol. The van der Waals surface area contributed by atoms with E-state index in [0.29, 0.717) is 5.56 Å². The molecule has 0 fully saturated rings. The van der Waals surface area contributed by atoms with E-state index in [2.05, 4.69) is 5.10 Å². The van der Waals surface area contributed by atoms with Gasteiger partial charge in [-0.15, -0.1) is 0 Å². The molecule has 68 valence electrons. The summed E-state index contributed by atoms with van der Waals surface area (Å²) in [4.78, 5) is 0. The first-order chi connectivity index (χ1) is 5.65. The Hall–Kier alpha value is -0.870. The van der Waals surface area contributed by atoms with E-state index in [1.807, 2.05) is 13.8 Å². The van der Waals surface area contributed by atoms with Crippen LogP contribution in [0.25, 0.3) is 0 Å². The Balaban J connectivity index is 2.77. The summed E-state index contributed by atoms with van der Waals surface area (Å²) in [6.45, 7) is 3.74. The van der Waals surface area contributed by atoms with Gasteiger partial charge >= 0.3 is 0 Å². The Morgan fingerprint density at radius 1 is 1.58 bits per heavy atom. The summed E-state index contributed by atoms with van der Waals surface area (Å²) < 4.78 is 1.74. The summed E-state index contributed by atoms with van der Waals surface area (Å²) in [5, 5.41) is 21.9. The van der Waals surface area contributed by atoms with Gasteiger partial charge in [0.2, 0.25) is 0 Å². The maximum absolute atomic E-state index is 9.22. The van der Waals surface area contributed by atoms with Crippen LogP contribution in [0.3, 0.4) is 0 Å². The van der Waals surface area contributed by atoms with Crippen molar-refractivity contribution < 1.29 is 10.2 Å². The number of hydrogen-bond donors (Lipinski definition) is 2. The Morgan fingerprint density at radius 3 is 2.67 bits per heavy atom. The van der Waals surface area contributed by atoms with E-state index in [1.165, 1.54) is 0 Å². The molecule has 1 rings (SSSR count). The predicted molar refractivity (Wildman–Crippen MR) is 44.7 cm³/mol. The van der Waals surface area contributed by atoms with Crippen molar-refractivity contribution in [3.63, 3.8) is 0 Å². The van der Waals surface area contributed by atoms with Crippen LogP contribution in [0.5, 0.6) is 0 Å². The third-order valence-electron chi connectivity index (χ3n) is 1.71. The minimum atomic E-state index is -0.808. The first-order valence-electron chi connectivity index (χ1n) is 3.98. The molecule has 0 aromatic carbocycles. The van der Waals surface area contributed by atoms with Crippen LogP contribution in [-0.4, -0.2) is 26.6 Å². The van der Waals surface area contributed by atoms with Crippen molar-refractivity contribution in [3.05, 3.63) is 18.0 Å². The predicted octanol–water partition coefficient (Wildman–Crippen LogP) is 0.490. The van der Waals surface area contributed by atoms with Crippen molar-refractivity contribution in [2.75, 3.05) is 6.61 Å². The van der Waals surface area contributed by atoms with Crippen LogP contribution in [0.15, 0.2) is 12.4 Å². The van der Waals surface area contributed by atoms with E-state index in [1.54, 1.807) is 17.1 Å². The molecule has 0 aliphatic carbocycles. The highest BCUT2D eigenvalue weighted by Crippen LogP contribution is 2.12. The molecule has 0 spiro atoms. The normalized spacial score (nSPS) is 13.8. The van der Waals surface area contributed by atoms with Gasteiger partial charge in [0.05, 0.1) is 12.8 Å². The van der Waals surface area contributed by atoms with Gasteiger partial charge in [-0.1, -0.05) is 0 Å². The molecule has 12 heavy (non-hydrogen) atoms. The number of aliphatic hydroxyl groups excluding tert-OH is 2. The second-order valence-electron chi connectivity index (χ2n) is 3.05. The topological polar surface area (TPSA) is 58.3 Å². The summed E-state index contributed by atoms with van der Waals surface area (Å²) >= 11 is 0. The van der Waals surface area contributed by atoms with Gasteiger partial charge in [-0.3, -0.25) is 4.68 Å². The molecular formula is C8H14N2O2. The summed E-state index contributed by atoms with van der Waals surface area (Å²) in [5.74, 6) is 0. The third-order valence-corrected chi connectivity index (χ3v) is 1.71. The minimum Gasteiger partial charge on any atom is -0.393 e. The van der Waals surface area contributed by atoms with Crippen molar-refractivity contribution in [1.29, 1.82) is 0 Å². The van der Waals surface area contributed by atoms with Gasteiger partial charge in [0.15, 0.2) is 0 Å². The zero-order chi connectivity index (χ0) is 9.14. The molecule has 1 unspecified atom stereocenters. The Kier molecular flexibility index (Phi) is 2.83. The highest BCUT2D eigenvalue weighted by Gasteiger charge is 2.09. The zero-order valence-electron chi connectivity index (χ0n) is 7.31. The second kappa shape index (κ2) is 3.69. The second-order valence-corrected chi connectivity index (χ2v) is 3.05. The molecule has 0 radical (unpaired) electrons. The molecule has 2 N–H and O–H groups in total. The first-order valence-corrected chi connectivity index (χ1v) is 3.98. The fourth-order valence-corrected chi connectivity index (χ4v) is 0.913. The van der Waals surface area contributed by atoms with Crippen molar-refractivity contribution >= 4 is 0 Å². The van der Waals surface area contributed by atoms with Gasteiger partial charge in [-0.25, -0.2) is 0 Å². The molecule has 4 heteroatoms. The largest absolute Gasteiger partial charge is 0.393 e. The molecule has 0 aliphatic rings. The quantitative estimate of drug-likeness (QED) is 0.694. The standard InChI is InChI=1S/C8H14N2O2/c1-6(2)10-4-7(3-9-10)8(12)5-11/h3-4,6,8,11-12H,5H2,1-2H3. The Labute approximate surface area is 71.5 Å². The van der Waals surface area contributed by atoms with Crippen LogP contribution in [0.4, 0.5) is 0 Å². The van der Waals surface area contributed by atoms with Crippen LogP contribution < -0.4 is 0 Å². The van der Waals surface area contributed by atoms with Crippen molar-refractivity contribution in [2.45, 2.75) is 26.0 Å². The van der Waals surface area contributed by atoms with E-state index >= 15 is 0 Å². The van der Waals surface area contributed by atoms with E-state index in [4.69, 9.17) is 5.11 Å². The summed E-state index contributed by atoms with van der Waals surface area (Å²) in [6, 6.07) is 0.282. The molecule has 4 nitrogen and oxygen atoms in total. The van der Waals surface area contributed by atoms with E-state index in [0.717, 1.165) is 0 Å². The SMILES string of the molecule is CC(C)n1cc(C(O)CO)cn1. The zero-order valence-corrected chi connectivity index (χ0v) is 7.31.